The van der Waals surface area contributed by atoms with Crippen molar-refractivity contribution in [2.75, 3.05) is 0 Å². The van der Waals surface area contributed by atoms with E-state index < -0.39 is 36.3 Å². The summed E-state index contributed by atoms with van der Waals surface area (Å²) < 4.78 is 8.39. The Balaban J connectivity index is 3.78. The van der Waals surface area contributed by atoms with Crippen LogP contribution in [0.1, 0.15) is 10.5 Å². The van der Waals surface area contributed by atoms with Crippen molar-refractivity contribution in [2.45, 2.75) is 58.9 Å². The third kappa shape index (κ3) is 4.64. The lowest BCUT2D eigenvalue weighted by molar-refractivity contribution is 0.0715. The first-order valence-electron chi connectivity index (χ1n) is 7.69. The molecule has 0 amide bonds. The zero-order valence-electron chi connectivity index (χ0n) is 15.6. The van der Waals surface area contributed by atoms with Gasteiger partial charge in [-0.2, -0.15) is 0 Å². The highest BCUT2D eigenvalue weighted by atomic mass is 28.4. The van der Waals surface area contributed by atoms with Gasteiger partial charge in [0, 0.05) is 6.07 Å². The molecule has 0 unspecified atom stereocenters. The number of rotatable bonds is 4. The predicted molar refractivity (Wildman–Crippen MR) is 101 cm³/mol. The van der Waals surface area contributed by atoms with Crippen LogP contribution in [0, 0.1) is 0 Å². The Kier molecular flexibility index (Phi) is 5.20. The molecule has 0 fully saturated rings. The Morgan fingerprint density at radius 3 is 1.65 bits per heavy atom. The Bertz CT molecular complexity index is 731. The maximum absolute atomic E-state index is 13.0. The minimum atomic E-state index is -2.21. The van der Waals surface area contributed by atoms with E-state index in [9.17, 15) is 14.4 Å². The number of hydrogen-bond acceptors (Lipinski definition) is 4. The van der Waals surface area contributed by atoms with Gasteiger partial charge in [0.1, 0.15) is 5.69 Å². The first-order valence-corrected chi connectivity index (χ1v) is 18.0. The van der Waals surface area contributed by atoms with E-state index in [1.54, 1.807) is 0 Å². The summed E-state index contributed by atoms with van der Waals surface area (Å²) in [7, 11) is -6.52. The van der Waals surface area contributed by atoms with Crippen LogP contribution >= 0.6 is 0 Å². The summed E-state index contributed by atoms with van der Waals surface area (Å²) in [4.78, 5) is 38.0. The average molecular weight is 373 g/mol. The molecule has 9 heteroatoms. The van der Waals surface area contributed by atoms with Gasteiger partial charge in [0.2, 0.25) is 13.9 Å². The zero-order chi connectivity index (χ0) is 18.4. The fourth-order valence-corrected chi connectivity index (χ4v) is 6.00. The number of aromatic nitrogens is 2. The molecule has 0 radical (unpaired) electrons. The average Bonchev–Trinajstić information content (AvgIpc) is 2.20. The van der Waals surface area contributed by atoms with E-state index in [0.717, 1.165) is 0 Å². The summed E-state index contributed by atoms with van der Waals surface area (Å²) in [6, 6.07) is 1.28. The van der Waals surface area contributed by atoms with Crippen LogP contribution in [0.3, 0.4) is 0 Å². The predicted octanol–water partition coefficient (Wildman–Crippen LogP) is 2.37. The van der Waals surface area contributed by atoms with Crippen LogP contribution in [0.5, 0.6) is 0 Å². The number of nitrogens with zero attached hydrogens (tertiary/aromatic N) is 2. The van der Waals surface area contributed by atoms with E-state index >= 15 is 0 Å². The lowest BCUT2D eigenvalue weighted by atomic mass is 10.4. The molecule has 0 aromatic carbocycles. The Morgan fingerprint density at radius 2 is 1.30 bits per heavy atom. The van der Waals surface area contributed by atoms with Crippen molar-refractivity contribution in [3.8, 4) is 0 Å². The van der Waals surface area contributed by atoms with Gasteiger partial charge in [0.15, 0.2) is 16.5 Å². The minimum absolute atomic E-state index is 0.0936. The van der Waals surface area contributed by atoms with Gasteiger partial charge in [-0.25, -0.2) is 9.59 Å². The summed E-state index contributed by atoms with van der Waals surface area (Å²) in [5.41, 5.74) is -0.694. The molecule has 1 heterocycles. The fraction of sp³-hybridized carbons (Fsp3) is 0.643. The standard InChI is InChI=1S/C14H28N2O4Si3/c1-21(2,3)15-11(13(18)20-23(7,8)9)10-12(17)16(14(15)19)22(4,5)6/h10H,1-9H3. The SMILES string of the molecule is C[Si](C)(C)OC(=O)c1cc(=O)n([Si](C)(C)C)c(=O)n1[Si](C)(C)C. The maximum atomic E-state index is 13.0. The Hall–Kier alpha value is -1.20. The topological polar surface area (TPSA) is 70.3 Å². The molecule has 23 heavy (non-hydrogen) atoms. The number of hydrogen-bond donors (Lipinski definition) is 0. The van der Waals surface area contributed by atoms with Crippen LogP contribution in [0.25, 0.3) is 0 Å². The second-order valence-corrected chi connectivity index (χ2v) is 22.7. The van der Waals surface area contributed by atoms with E-state index in [-0.39, 0.29) is 11.4 Å². The summed E-state index contributed by atoms with van der Waals surface area (Å²) in [6.07, 6.45) is 0. The molecule has 0 N–H and O–H groups in total. The molecule has 0 aliphatic rings. The van der Waals surface area contributed by atoms with Crippen molar-refractivity contribution in [3.05, 3.63) is 32.6 Å². The lowest BCUT2D eigenvalue weighted by Gasteiger charge is -2.28. The van der Waals surface area contributed by atoms with Crippen LogP contribution < -0.4 is 11.2 Å². The number of carbonyl (C=O) groups excluding carboxylic acids is 1. The molecule has 130 valence electrons. The Labute approximate surface area is 140 Å². The van der Waals surface area contributed by atoms with Crippen LogP contribution in [-0.4, -0.2) is 39.2 Å². The third-order valence-corrected chi connectivity index (χ3v) is 7.38. The molecule has 1 aromatic rings. The molecule has 6 nitrogen and oxygen atoms in total. The minimum Gasteiger partial charge on any atom is -0.515 e. The van der Waals surface area contributed by atoms with Gasteiger partial charge in [0.05, 0.1) is 0 Å². The normalized spacial score (nSPS) is 13.1. The maximum Gasteiger partial charge on any atom is 0.341 e. The van der Waals surface area contributed by atoms with Gasteiger partial charge in [-0.1, -0.05) is 39.3 Å². The molecule has 0 spiro atoms. The highest BCUT2D eigenvalue weighted by Crippen LogP contribution is 2.12. The molecule has 0 saturated carbocycles. The van der Waals surface area contributed by atoms with Crippen molar-refractivity contribution in [2.24, 2.45) is 0 Å². The largest absolute Gasteiger partial charge is 0.515 e. The first kappa shape index (κ1) is 19.8. The summed E-state index contributed by atoms with van der Waals surface area (Å²) >= 11 is 0. The zero-order valence-corrected chi connectivity index (χ0v) is 18.6. The fourth-order valence-electron chi connectivity index (χ4n) is 2.29. The van der Waals surface area contributed by atoms with Crippen molar-refractivity contribution < 1.29 is 9.22 Å². The summed E-state index contributed by atoms with van der Waals surface area (Å²) in [6.45, 7) is 17.4. The summed E-state index contributed by atoms with van der Waals surface area (Å²) in [5, 5.41) is 0. The van der Waals surface area contributed by atoms with Crippen LogP contribution in [-0.2, 0) is 4.43 Å². The number of carbonyl (C=O) groups is 1. The van der Waals surface area contributed by atoms with Crippen molar-refractivity contribution in [3.63, 3.8) is 0 Å². The van der Waals surface area contributed by atoms with E-state index in [2.05, 4.69) is 0 Å². The van der Waals surface area contributed by atoms with Gasteiger partial charge in [-0.3, -0.25) is 9.03 Å². The van der Waals surface area contributed by atoms with Gasteiger partial charge in [-0.15, -0.1) is 0 Å². The molecule has 1 rings (SSSR count). The van der Waals surface area contributed by atoms with Gasteiger partial charge in [0.25, 0.3) is 0 Å². The molecule has 1 aromatic heterocycles. The van der Waals surface area contributed by atoms with E-state index in [1.165, 1.54) is 14.5 Å². The molecular formula is C14H28N2O4Si3. The lowest BCUT2D eigenvalue weighted by Crippen LogP contribution is -2.58. The molecule has 0 saturated heterocycles. The molecule has 0 aliphatic heterocycles. The smallest absolute Gasteiger partial charge is 0.341 e. The van der Waals surface area contributed by atoms with Gasteiger partial charge >= 0.3 is 11.7 Å². The first-order chi connectivity index (χ1) is 10.1. The third-order valence-electron chi connectivity index (χ3n) is 3.05. The monoisotopic (exact) mass is 372 g/mol. The highest BCUT2D eigenvalue weighted by Gasteiger charge is 2.32. The van der Waals surface area contributed by atoms with Crippen LogP contribution in [0.15, 0.2) is 15.7 Å². The molecule has 0 atom stereocenters. The van der Waals surface area contributed by atoms with Crippen LogP contribution in [0.2, 0.25) is 58.9 Å². The van der Waals surface area contributed by atoms with E-state index in [0.29, 0.717) is 0 Å². The summed E-state index contributed by atoms with van der Waals surface area (Å²) in [5.74, 6) is -0.566. The molecule has 0 bridgehead atoms. The Morgan fingerprint density at radius 1 is 0.870 bits per heavy atom. The van der Waals surface area contributed by atoms with Crippen molar-refractivity contribution in [1.82, 2.24) is 8.47 Å². The second-order valence-electron chi connectivity index (χ2n) is 8.66. The second kappa shape index (κ2) is 6.02. The molecule has 0 aliphatic carbocycles. The molecular weight excluding hydrogens is 344 g/mol. The van der Waals surface area contributed by atoms with Crippen molar-refractivity contribution >= 4 is 30.8 Å². The van der Waals surface area contributed by atoms with Crippen molar-refractivity contribution in [1.29, 1.82) is 0 Å². The van der Waals surface area contributed by atoms with Gasteiger partial charge in [-0.05, 0) is 19.6 Å². The highest BCUT2D eigenvalue weighted by molar-refractivity contribution is 6.76. The van der Waals surface area contributed by atoms with E-state index in [4.69, 9.17) is 4.43 Å². The van der Waals surface area contributed by atoms with Crippen LogP contribution in [0.4, 0.5) is 0 Å². The van der Waals surface area contributed by atoms with E-state index in [1.807, 2.05) is 58.9 Å². The quantitative estimate of drug-likeness (QED) is 0.761. The van der Waals surface area contributed by atoms with Gasteiger partial charge < -0.3 is 8.66 Å².